The molecule has 0 aromatic heterocycles. The number of hydrogen-bond acceptors (Lipinski definition) is 4. The van der Waals surface area contributed by atoms with Crippen LogP contribution < -0.4 is 12.4 Å². The topological polar surface area (TPSA) is 13.0 Å². The Morgan fingerprint density at radius 2 is 0.889 bits per heavy atom. The Balaban J connectivity index is 0.00000361. The van der Waals surface area contributed by atoms with Crippen LogP contribution in [-0.4, -0.2) is 65.0 Å². The van der Waals surface area contributed by atoms with E-state index in [0.29, 0.717) is 0 Å². The minimum Gasteiger partial charge on any atom is -1.00 e. The van der Waals surface area contributed by atoms with Gasteiger partial charge in [-0.05, 0) is 64.2 Å². The maximum absolute atomic E-state index is 3.00. The lowest BCUT2D eigenvalue weighted by Gasteiger charge is -2.54. The summed E-state index contributed by atoms with van der Waals surface area (Å²) in [5.74, 6) is 0. The van der Waals surface area contributed by atoms with E-state index in [2.05, 4.69) is 52.9 Å². The van der Waals surface area contributed by atoms with Gasteiger partial charge in [0, 0.05) is 46.3 Å². The van der Waals surface area contributed by atoms with Crippen LogP contribution in [0.25, 0.3) is 0 Å². The molecule has 6 heteroatoms. The van der Waals surface area contributed by atoms with Gasteiger partial charge in [0.05, 0.1) is 5.70 Å². The Morgan fingerprint density at radius 1 is 0.528 bits per heavy atom. The molecule has 0 bridgehead atoms. The Kier molecular flexibility index (Phi) is 12.8. The lowest BCUT2D eigenvalue weighted by molar-refractivity contribution is -0.00000825. The number of halogens is 1. The van der Waals surface area contributed by atoms with Crippen LogP contribution in [0.5, 0.6) is 0 Å². The van der Waals surface area contributed by atoms with Crippen LogP contribution >= 0.6 is 7.87 Å². The van der Waals surface area contributed by atoms with Crippen molar-refractivity contribution in [2.75, 3.05) is 28.2 Å². The van der Waals surface area contributed by atoms with Gasteiger partial charge < -0.3 is 12.4 Å². The van der Waals surface area contributed by atoms with Crippen LogP contribution in [0.1, 0.15) is 135 Å². The third-order valence-corrected chi connectivity index (χ3v) is 14.7. The van der Waals surface area contributed by atoms with E-state index in [1.165, 1.54) is 135 Å². The highest BCUT2D eigenvalue weighted by atomic mass is 35.5. The molecule has 0 heterocycles. The summed E-state index contributed by atoms with van der Waals surface area (Å²) in [4.78, 5) is 0. The lowest BCUT2D eigenvalue weighted by Crippen LogP contribution is -3.00. The number of rotatable bonds is 8. The van der Waals surface area contributed by atoms with Crippen molar-refractivity contribution in [3.8, 4) is 0 Å². The minimum atomic E-state index is -1.90. The molecular weight excluding hydrogens is 483 g/mol. The minimum absolute atomic E-state index is 0. The molecule has 3 fully saturated rings. The summed E-state index contributed by atoms with van der Waals surface area (Å²) < 4.78 is 11.9. The molecule has 36 heavy (non-hydrogen) atoms. The van der Waals surface area contributed by atoms with Gasteiger partial charge >= 0.3 is 7.87 Å². The van der Waals surface area contributed by atoms with Crippen LogP contribution in [0.3, 0.4) is 0 Å². The Labute approximate surface area is 231 Å². The molecule has 0 radical (unpaired) electrons. The standard InChI is InChI=1S/C30H58N4P.ClH/c1-31(27-19-11-6-5-7-12-20-27)35(32(2)28-21-13-8-14-22-28,33(3)29-23-15-9-16-24-29)34(4)30-25-17-10-18-26-30;/h19,28-30H,5-18,20-26H2,1-4H3;1H/q+1;/p-1. The van der Waals surface area contributed by atoms with Gasteiger partial charge in [0.1, 0.15) is 0 Å². The molecule has 0 aromatic carbocycles. The van der Waals surface area contributed by atoms with Crippen LogP contribution in [0.2, 0.25) is 0 Å². The zero-order valence-corrected chi connectivity index (χ0v) is 25.9. The highest BCUT2D eigenvalue weighted by Crippen LogP contribution is 2.73. The average molecular weight is 541 g/mol. The number of hydrogen-bond donors (Lipinski definition) is 0. The summed E-state index contributed by atoms with van der Waals surface area (Å²) in [5.41, 5.74) is 1.66. The van der Waals surface area contributed by atoms with Crippen molar-refractivity contribution in [1.29, 1.82) is 0 Å². The predicted molar refractivity (Wildman–Crippen MR) is 154 cm³/mol. The van der Waals surface area contributed by atoms with Gasteiger partial charge in [0.2, 0.25) is 0 Å². The second-order valence-corrected chi connectivity index (χ2v) is 15.9. The first-order valence-electron chi connectivity index (χ1n) is 15.6. The van der Waals surface area contributed by atoms with Crippen molar-refractivity contribution in [2.45, 2.75) is 153 Å². The second kappa shape index (κ2) is 15.1. The summed E-state index contributed by atoms with van der Waals surface area (Å²) in [7, 11) is 8.30. The van der Waals surface area contributed by atoms with E-state index in [0.717, 1.165) is 18.1 Å². The molecule has 0 unspecified atom stereocenters. The van der Waals surface area contributed by atoms with Gasteiger partial charge in [0.15, 0.2) is 0 Å². The molecule has 0 spiro atoms. The monoisotopic (exact) mass is 540 g/mol. The average Bonchev–Trinajstić information content (AvgIpc) is 2.90. The first-order valence-corrected chi connectivity index (χ1v) is 17.2. The molecule has 0 amide bonds. The smallest absolute Gasteiger partial charge is 0.331 e. The summed E-state index contributed by atoms with van der Waals surface area (Å²) in [6.45, 7) is 0. The molecule has 3 saturated carbocycles. The molecule has 4 aliphatic carbocycles. The summed E-state index contributed by atoms with van der Waals surface area (Å²) in [5, 5.41) is 0. The van der Waals surface area contributed by atoms with Crippen LogP contribution in [-0.2, 0) is 0 Å². The third-order valence-electron chi connectivity index (χ3n) is 10.2. The van der Waals surface area contributed by atoms with E-state index in [1.807, 2.05) is 0 Å². The molecule has 0 aromatic rings. The Morgan fingerprint density at radius 3 is 1.31 bits per heavy atom. The van der Waals surface area contributed by atoms with E-state index in [1.54, 1.807) is 5.70 Å². The zero-order chi connectivity index (χ0) is 24.7. The Bertz CT molecular complexity index is 596. The first-order chi connectivity index (χ1) is 17.1. The van der Waals surface area contributed by atoms with E-state index < -0.39 is 7.87 Å². The fourth-order valence-corrected chi connectivity index (χ4v) is 13.1. The zero-order valence-electron chi connectivity index (χ0n) is 24.3. The number of allylic oxidation sites excluding steroid dienone is 2. The van der Waals surface area contributed by atoms with Gasteiger partial charge in [-0.25, -0.2) is 4.67 Å². The van der Waals surface area contributed by atoms with Crippen LogP contribution in [0.15, 0.2) is 11.8 Å². The second-order valence-electron chi connectivity index (χ2n) is 12.3. The third kappa shape index (κ3) is 6.82. The van der Waals surface area contributed by atoms with Crippen molar-refractivity contribution < 1.29 is 12.4 Å². The normalized spacial score (nSPS) is 24.4. The molecule has 210 valence electrons. The largest absolute Gasteiger partial charge is 1.00 e. The molecule has 0 aliphatic heterocycles. The summed E-state index contributed by atoms with van der Waals surface area (Å²) in [6, 6.07) is 2.18. The molecule has 4 aliphatic rings. The van der Waals surface area contributed by atoms with Crippen LogP contribution in [0, 0.1) is 0 Å². The van der Waals surface area contributed by atoms with E-state index in [9.17, 15) is 0 Å². The van der Waals surface area contributed by atoms with Crippen LogP contribution in [0.4, 0.5) is 0 Å². The van der Waals surface area contributed by atoms with E-state index in [4.69, 9.17) is 0 Å². The van der Waals surface area contributed by atoms with Gasteiger partial charge in [-0.15, -0.1) is 14.0 Å². The lowest BCUT2D eigenvalue weighted by atomic mass is 9.96. The van der Waals surface area contributed by atoms with Gasteiger partial charge in [-0.2, -0.15) is 0 Å². The molecule has 0 atom stereocenters. The maximum Gasteiger partial charge on any atom is 0.331 e. The molecule has 4 nitrogen and oxygen atoms in total. The fourth-order valence-electron chi connectivity index (χ4n) is 7.96. The van der Waals surface area contributed by atoms with Crippen molar-refractivity contribution in [2.24, 2.45) is 0 Å². The SMILES string of the molecule is CN(C1=CCCCCCC1)[P+](N(C)C1CCCCC1)(N(C)C1CCCCC1)N(C)C1CCCCC1.[Cl-]. The number of nitrogens with zero attached hydrogens (tertiary/aromatic N) is 4. The van der Waals surface area contributed by atoms with Gasteiger partial charge in [-0.1, -0.05) is 76.7 Å². The molecule has 0 N–H and O–H groups in total. The highest BCUT2D eigenvalue weighted by Gasteiger charge is 2.62. The highest BCUT2D eigenvalue weighted by molar-refractivity contribution is 7.66. The van der Waals surface area contributed by atoms with Crippen molar-refractivity contribution in [3.63, 3.8) is 0 Å². The maximum atomic E-state index is 3.00. The Hall–Kier alpha value is 0.140. The fraction of sp³-hybridized carbons (Fsp3) is 0.933. The first kappa shape index (κ1) is 30.7. The van der Waals surface area contributed by atoms with Crippen molar-refractivity contribution in [1.82, 2.24) is 18.7 Å². The van der Waals surface area contributed by atoms with Gasteiger partial charge in [-0.3, -0.25) is 0 Å². The molecular formula is C30H58ClN4P. The summed E-state index contributed by atoms with van der Waals surface area (Å²) in [6.07, 6.45) is 31.9. The molecule has 0 saturated heterocycles. The summed E-state index contributed by atoms with van der Waals surface area (Å²) >= 11 is 0. The van der Waals surface area contributed by atoms with Gasteiger partial charge in [0.25, 0.3) is 0 Å². The van der Waals surface area contributed by atoms with E-state index >= 15 is 0 Å². The molecule has 4 rings (SSSR count). The predicted octanol–water partition coefficient (Wildman–Crippen LogP) is 5.63. The van der Waals surface area contributed by atoms with E-state index in [-0.39, 0.29) is 12.4 Å². The van der Waals surface area contributed by atoms with Crippen molar-refractivity contribution >= 4 is 7.87 Å². The van der Waals surface area contributed by atoms with Crippen molar-refractivity contribution in [3.05, 3.63) is 11.8 Å². The quantitative estimate of drug-likeness (QED) is 0.370.